The molecule has 3 rings (SSSR count). The second-order valence-corrected chi connectivity index (χ2v) is 7.51. The number of hydrogen-bond donors (Lipinski definition) is 0. The van der Waals surface area contributed by atoms with Gasteiger partial charge in [0.25, 0.3) is 5.69 Å². The van der Waals surface area contributed by atoms with E-state index in [2.05, 4.69) is 4.99 Å². The molecule has 0 spiro atoms. The van der Waals surface area contributed by atoms with Crippen molar-refractivity contribution in [1.82, 2.24) is 0 Å². The van der Waals surface area contributed by atoms with E-state index in [0.717, 1.165) is 22.4 Å². The van der Waals surface area contributed by atoms with Crippen molar-refractivity contribution >= 4 is 40.8 Å². The fourth-order valence-corrected chi connectivity index (χ4v) is 3.24. The number of nitro benzene ring substituents is 1. The largest absolute Gasteiger partial charge is 0.490 e. The van der Waals surface area contributed by atoms with Crippen molar-refractivity contribution in [2.45, 2.75) is 20.5 Å². The van der Waals surface area contributed by atoms with Gasteiger partial charge in [0.2, 0.25) is 0 Å². The summed E-state index contributed by atoms with van der Waals surface area (Å²) < 4.78 is 11.6. The minimum absolute atomic E-state index is 0.0235. The number of nitrogens with zero attached hydrogens (tertiary/aromatic N) is 2. The molecule has 6 nitrogen and oxygen atoms in total. The van der Waals surface area contributed by atoms with Gasteiger partial charge in [-0.25, -0.2) is 0 Å². The number of nitro groups is 1. The lowest BCUT2D eigenvalue weighted by Gasteiger charge is -2.14. The molecule has 0 radical (unpaired) electrons. The molecule has 0 aliphatic carbocycles. The Morgan fingerprint density at radius 2 is 1.81 bits per heavy atom. The van der Waals surface area contributed by atoms with E-state index < -0.39 is 4.92 Å². The van der Waals surface area contributed by atoms with Crippen LogP contribution in [0.3, 0.4) is 0 Å². The summed E-state index contributed by atoms with van der Waals surface area (Å²) in [6.45, 7) is 4.44. The first kappa shape index (κ1) is 22.6. The predicted molar refractivity (Wildman–Crippen MR) is 123 cm³/mol. The molecule has 3 aromatic rings. The maximum atomic E-state index is 10.8. The third-order valence-electron chi connectivity index (χ3n) is 4.39. The molecule has 0 aliphatic heterocycles. The minimum atomic E-state index is -0.445. The Bertz CT molecular complexity index is 1120. The molecule has 0 saturated carbocycles. The summed E-state index contributed by atoms with van der Waals surface area (Å²) in [6.07, 6.45) is 1.69. The van der Waals surface area contributed by atoms with Gasteiger partial charge in [0.05, 0.1) is 22.2 Å². The average molecular weight is 459 g/mol. The zero-order chi connectivity index (χ0) is 22.4. The number of hydrogen-bond acceptors (Lipinski definition) is 5. The number of aryl methyl sites for hydroxylation is 1. The van der Waals surface area contributed by atoms with Gasteiger partial charge in [-0.3, -0.25) is 15.1 Å². The van der Waals surface area contributed by atoms with Crippen molar-refractivity contribution in [3.05, 3.63) is 91.4 Å². The van der Waals surface area contributed by atoms with Crippen molar-refractivity contribution in [3.8, 4) is 11.5 Å². The maximum Gasteiger partial charge on any atom is 0.269 e. The lowest BCUT2D eigenvalue weighted by molar-refractivity contribution is -0.384. The van der Waals surface area contributed by atoms with Crippen LogP contribution in [0.5, 0.6) is 11.5 Å². The zero-order valence-corrected chi connectivity index (χ0v) is 18.5. The molecule has 160 valence electrons. The van der Waals surface area contributed by atoms with Crippen molar-refractivity contribution in [3.63, 3.8) is 0 Å². The highest BCUT2D eigenvalue weighted by Gasteiger charge is 2.13. The fraction of sp³-hybridized carbons (Fsp3) is 0.174. The van der Waals surface area contributed by atoms with Crippen LogP contribution in [0.4, 0.5) is 11.4 Å². The number of benzene rings is 3. The van der Waals surface area contributed by atoms with Crippen molar-refractivity contribution in [1.29, 1.82) is 0 Å². The molecule has 31 heavy (non-hydrogen) atoms. The first-order valence-corrected chi connectivity index (χ1v) is 10.3. The van der Waals surface area contributed by atoms with E-state index in [9.17, 15) is 10.1 Å². The Balaban J connectivity index is 1.82. The molecule has 0 unspecified atom stereocenters. The Morgan fingerprint density at radius 1 is 1.06 bits per heavy atom. The summed E-state index contributed by atoms with van der Waals surface area (Å²) in [4.78, 5) is 14.8. The third-order valence-corrected chi connectivity index (χ3v) is 4.90. The molecule has 8 heteroatoms. The Morgan fingerprint density at radius 3 is 2.48 bits per heavy atom. The summed E-state index contributed by atoms with van der Waals surface area (Å²) >= 11 is 12.5. The smallest absolute Gasteiger partial charge is 0.269 e. The lowest BCUT2D eigenvalue weighted by atomic mass is 10.2. The highest BCUT2D eigenvalue weighted by Crippen LogP contribution is 2.37. The summed E-state index contributed by atoms with van der Waals surface area (Å²) in [6, 6.07) is 15.2. The number of halogens is 2. The van der Waals surface area contributed by atoms with E-state index in [1.807, 2.05) is 26.0 Å². The van der Waals surface area contributed by atoms with E-state index in [4.69, 9.17) is 32.7 Å². The zero-order valence-electron chi connectivity index (χ0n) is 17.0. The highest BCUT2D eigenvalue weighted by molar-refractivity contribution is 6.32. The number of aliphatic imine (C=N–C) groups is 1. The second-order valence-electron chi connectivity index (χ2n) is 6.66. The number of non-ortho nitro benzene ring substituents is 1. The number of rotatable bonds is 8. The Kier molecular flexibility index (Phi) is 7.50. The van der Waals surface area contributed by atoms with Gasteiger partial charge in [-0.05, 0) is 66.9 Å². The minimum Gasteiger partial charge on any atom is -0.490 e. The quantitative estimate of drug-likeness (QED) is 0.208. The van der Waals surface area contributed by atoms with Crippen molar-refractivity contribution < 1.29 is 14.4 Å². The molecule has 0 N–H and O–H groups in total. The van der Waals surface area contributed by atoms with Gasteiger partial charge in [0, 0.05) is 23.4 Å². The van der Waals surface area contributed by atoms with E-state index in [-0.39, 0.29) is 12.3 Å². The van der Waals surface area contributed by atoms with Gasteiger partial charge >= 0.3 is 0 Å². The average Bonchev–Trinajstić information content (AvgIpc) is 2.74. The van der Waals surface area contributed by atoms with Gasteiger partial charge in [0.1, 0.15) is 6.61 Å². The molecule has 0 heterocycles. The Labute approximate surface area is 190 Å². The predicted octanol–water partition coefficient (Wildman–Crippen LogP) is 6.94. The molecule has 0 saturated heterocycles. The summed E-state index contributed by atoms with van der Waals surface area (Å²) in [5.41, 5.74) is 3.30. The molecule has 3 aromatic carbocycles. The van der Waals surface area contributed by atoms with Crippen LogP contribution in [0.25, 0.3) is 0 Å². The SMILES string of the molecule is CCOc1cc(C=Nc2cc(Cl)ccc2C)cc(Cl)c1OCc1ccc([N+](=O)[O-])cc1. The molecule has 0 atom stereocenters. The topological polar surface area (TPSA) is 74.0 Å². The van der Waals surface area contributed by atoms with Crippen LogP contribution in [-0.2, 0) is 6.61 Å². The molecular weight excluding hydrogens is 439 g/mol. The van der Waals surface area contributed by atoms with Gasteiger partial charge in [-0.15, -0.1) is 0 Å². The van der Waals surface area contributed by atoms with Crippen LogP contribution in [0, 0.1) is 17.0 Å². The van der Waals surface area contributed by atoms with E-state index >= 15 is 0 Å². The van der Waals surface area contributed by atoms with Crippen LogP contribution < -0.4 is 9.47 Å². The van der Waals surface area contributed by atoms with Gasteiger partial charge in [-0.2, -0.15) is 0 Å². The van der Waals surface area contributed by atoms with Gasteiger partial charge in [-0.1, -0.05) is 29.3 Å². The van der Waals surface area contributed by atoms with Crippen LogP contribution in [0.15, 0.2) is 59.6 Å². The third kappa shape index (κ3) is 5.96. The Hall–Kier alpha value is -3.09. The van der Waals surface area contributed by atoms with Gasteiger partial charge < -0.3 is 9.47 Å². The molecule has 0 fully saturated rings. The molecular formula is C23H20Cl2N2O4. The number of ether oxygens (including phenoxy) is 2. The summed E-state index contributed by atoms with van der Waals surface area (Å²) in [5.74, 6) is 0.888. The first-order valence-electron chi connectivity index (χ1n) is 9.50. The van der Waals surface area contributed by atoms with Gasteiger partial charge in [0.15, 0.2) is 11.5 Å². The van der Waals surface area contributed by atoms with E-state index in [1.54, 1.807) is 36.5 Å². The van der Waals surface area contributed by atoms with Crippen LogP contribution in [-0.4, -0.2) is 17.7 Å². The summed E-state index contributed by atoms with van der Waals surface area (Å²) in [7, 11) is 0. The normalized spacial score (nSPS) is 11.0. The van der Waals surface area contributed by atoms with Crippen LogP contribution in [0.2, 0.25) is 10.0 Å². The molecule has 0 aromatic heterocycles. The van der Waals surface area contributed by atoms with Crippen molar-refractivity contribution in [2.24, 2.45) is 4.99 Å². The standard InChI is InChI=1S/C23H20Cl2N2O4/c1-3-30-22-11-17(13-26-21-12-18(24)7-4-15(21)2)10-20(25)23(22)31-14-16-5-8-19(9-6-16)27(28)29/h4-13H,3,14H2,1-2H3. The lowest BCUT2D eigenvalue weighted by Crippen LogP contribution is -2.01. The van der Waals surface area contributed by atoms with Crippen LogP contribution in [0.1, 0.15) is 23.6 Å². The van der Waals surface area contributed by atoms with Crippen LogP contribution >= 0.6 is 23.2 Å². The van der Waals surface area contributed by atoms with E-state index in [1.165, 1.54) is 12.1 Å². The second kappa shape index (κ2) is 10.3. The van der Waals surface area contributed by atoms with Crippen molar-refractivity contribution in [2.75, 3.05) is 6.61 Å². The van der Waals surface area contributed by atoms with E-state index in [0.29, 0.717) is 28.2 Å². The fourth-order valence-electron chi connectivity index (χ4n) is 2.80. The highest BCUT2D eigenvalue weighted by atomic mass is 35.5. The molecule has 0 amide bonds. The summed E-state index contributed by atoms with van der Waals surface area (Å²) in [5, 5.41) is 11.8. The monoisotopic (exact) mass is 458 g/mol. The molecule has 0 aliphatic rings. The maximum absolute atomic E-state index is 10.8. The first-order chi connectivity index (χ1) is 14.9. The molecule has 0 bridgehead atoms.